The first kappa shape index (κ1) is 22.2. The van der Waals surface area contributed by atoms with Crippen LogP contribution in [0.25, 0.3) is 72.0 Å². The van der Waals surface area contributed by atoms with Crippen LogP contribution in [0.4, 0.5) is 0 Å². The fraction of sp³-hybridized carbons (Fsp3) is 0. The summed E-state index contributed by atoms with van der Waals surface area (Å²) in [6.07, 6.45) is 1.95. The van der Waals surface area contributed by atoms with E-state index in [1.54, 1.807) is 0 Å². The third-order valence-electron chi connectivity index (χ3n) is 8.13. The molecule has 0 aliphatic heterocycles. The van der Waals surface area contributed by atoms with Gasteiger partial charge in [0.15, 0.2) is 11.5 Å². The van der Waals surface area contributed by atoms with E-state index in [0.29, 0.717) is 5.82 Å². The largest absolute Gasteiger partial charge is 0.308 e. The van der Waals surface area contributed by atoms with Gasteiger partial charge in [-0.1, -0.05) is 84.9 Å². The monoisotopic (exact) mass is 525 g/mol. The molecule has 0 saturated heterocycles. The molecular weight excluding hydrogens is 502 g/mol. The molecule has 0 N–H and O–H groups in total. The summed E-state index contributed by atoms with van der Waals surface area (Å²) in [5.74, 6) is 0.686. The molecule has 0 aliphatic carbocycles. The maximum atomic E-state index is 5.07. The molecule has 41 heavy (non-hydrogen) atoms. The number of para-hydroxylation sites is 4. The summed E-state index contributed by atoms with van der Waals surface area (Å²) >= 11 is 0. The Morgan fingerprint density at radius 1 is 0.415 bits per heavy atom. The molecule has 0 aliphatic rings. The lowest BCUT2D eigenvalue weighted by Crippen LogP contribution is -2.04. The molecule has 9 aromatic rings. The zero-order chi connectivity index (χ0) is 26.9. The minimum absolute atomic E-state index is 0.686. The third-order valence-corrected chi connectivity index (χ3v) is 8.13. The second-order valence-electron chi connectivity index (χ2n) is 10.3. The Morgan fingerprint density at radius 3 is 1.32 bits per heavy atom. The highest BCUT2D eigenvalue weighted by molar-refractivity contribution is 6.11. The molecule has 4 heterocycles. The van der Waals surface area contributed by atoms with Gasteiger partial charge in [-0.05, 0) is 48.5 Å². The summed E-state index contributed by atoms with van der Waals surface area (Å²) in [5, 5.41) is 9.91. The van der Waals surface area contributed by atoms with Crippen LogP contribution in [-0.4, -0.2) is 23.7 Å². The van der Waals surface area contributed by atoms with Crippen molar-refractivity contribution in [3.8, 4) is 22.8 Å². The summed E-state index contributed by atoms with van der Waals surface area (Å²) in [6.45, 7) is 0. The van der Waals surface area contributed by atoms with E-state index in [1.165, 1.54) is 21.5 Å². The van der Waals surface area contributed by atoms with Gasteiger partial charge in [-0.25, -0.2) is 9.50 Å². The number of aromatic nitrogens is 5. The SMILES string of the molecule is c1cc(-n2c3ccccc3c3ccccc32)c(-c2nc3ccccn3n2)c(-n2c3ccccc3c3ccccc32)c1. The van der Waals surface area contributed by atoms with Crippen molar-refractivity contribution in [1.29, 1.82) is 0 Å². The van der Waals surface area contributed by atoms with Crippen LogP contribution < -0.4 is 0 Å². The molecule has 5 aromatic carbocycles. The topological polar surface area (TPSA) is 40.1 Å². The van der Waals surface area contributed by atoms with Gasteiger partial charge in [0.2, 0.25) is 0 Å². The average Bonchev–Trinajstić information content (AvgIpc) is 3.71. The zero-order valence-electron chi connectivity index (χ0n) is 22.0. The maximum absolute atomic E-state index is 5.07. The molecule has 0 saturated carbocycles. The van der Waals surface area contributed by atoms with Gasteiger partial charge in [-0.3, -0.25) is 0 Å². The molecule has 0 atom stereocenters. The molecule has 0 bridgehead atoms. The van der Waals surface area contributed by atoms with Gasteiger partial charge in [0.1, 0.15) is 0 Å². The number of benzene rings is 5. The van der Waals surface area contributed by atoms with Crippen molar-refractivity contribution in [2.24, 2.45) is 0 Å². The number of nitrogens with zero attached hydrogens (tertiary/aromatic N) is 5. The highest BCUT2D eigenvalue weighted by Crippen LogP contribution is 2.41. The second-order valence-corrected chi connectivity index (χ2v) is 10.3. The Morgan fingerprint density at radius 2 is 0.854 bits per heavy atom. The van der Waals surface area contributed by atoms with Crippen LogP contribution in [-0.2, 0) is 0 Å². The van der Waals surface area contributed by atoms with Gasteiger partial charge in [-0.15, -0.1) is 5.10 Å². The maximum Gasteiger partial charge on any atom is 0.186 e. The van der Waals surface area contributed by atoms with Crippen LogP contribution in [0.15, 0.2) is 140 Å². The molecule has 9 rings (SSSR count). The van der Waals surface area contributed by atoms with Crippen LogP contribution in [0.5, 0.6) is 0 Å². The van der Waals surface area contributed by atoms with Crippen LogP contribution in [0.3, 0.4) is 0 Å². The molecule has 0 spiro atoms. The molecule has 0 unspecified atom stereocenters. The van der Waals surface area contributed by atoms with Gasteiger partial charge < -0.3 is 9.13 Å². The molecule has 0 radical (unpaired) electrons. The Balaban J connectivity index is 1.48. The number of hydrogen-bond donors (Lipinski definition) is 0. The first-order chi connectivity index (χ1) is 20.4. The first-order valence-electron chi connectivity index (χ1n) is 13.8. The predicted molar refractivity (Wildman–Crippen MR) is 167 cm³/mol. The second kappa shape index (κ2) is 8.41. The highest BCUT2D eigenvalue weighted by atomic mass is 15.3. The molecule has 192 valence electrons. The fourth-order valence-corrected chi connectivity index (χ4v) is 6.43. The summed E-state index contributed by atoms with van der Waals surface area (Å²) in [5.41, 5.74) is 8.48. The quantitative estimate of drug-likeness (QED) is 0.232. The van der Waals surface area contributed by atoms with Gasteiger partial charge in [0, 0.05) is 27.7 Å². The van der Waals surface area contributed by atoms with Crippen LogP contribution in [0, 0.1) is 0 Å². The van der Waals surface area contributed by atoms with Crippen LogP contribution in [0.1, 0.15) is 0 Å². The van der Waals surface area contributed by atoms with Crippen molar-refractivity contribution in [3.63, 3.8) is 0 Å². The molecule has 5 heteroatoms. The number of rotatable bonds is 3. The molecular formula is C36H23N5. The van der Waals surface area contributed by atoms with E-state index in [9.17, 15) is 0 Å². The van der Waals surface area contributed by atoms with Crippen LogP contribution >= 0.6 is 0 Å². The minimum Gasteiger partial charge on any atom is -0.308 e. The lowest BCUT2D eigenvalue weighted by atomic mass is 10.1. The van der Waals surface area contributed by atoms with Crippen molar-refractivity contribution < 1.29 is 0 Å². The lowest BCUT2D eigenvalue weighted by Gasteiger charge is -2.18. The van der Waals surface area contributed by atoms with E-state index in [1.807, 2.05) is 28.9 Å². The Labute approximate surface area is 235 Å². The van der Waals surface area contributed by atoms with Crippen molar-refractivity contribution in [2.45, 2.75) is 0 Å². The van der Waals surface area contributed by atoms with Gasteiger partial charge in [0.25, 0.3) is 0 Å². The fourth-order valence-electron chi connectivity index (χ4n) is 6.43. The minimum atomic E-state index is 0.686. The molecule has 5 nitrogen and oxygen atoms in total. The van der Waals surface area contributed by atoms with E-state index in [0.717, 1.165) is 44.7 Å². The lowest BCUT2D eigenvalue weighted by molar-refractivity contribution is 0.962. The Hall–Kier alpha value is -5.68. The van der Waals surface area contributed by atoms with E-state index < -0.39 is 0 Å². The number of fused-ring (bicyclic) bond motifs is 7. The smallest absolute Gasteiger partial charge is 0.186 e. The zero-order valence-corrected chi connectivity index (χ0v) is 22.0. The van der Waals surface area contributed by atoms with Crippen molar-refractivity contribution >= 4 is 49.3 Å². The highest BCUT2D eigenvalue weighted by Gasteiger charge is 2.23. The van der Waals surface area contributed by atoms with Crippen molar-refractivity contribution in [2.75, 3.05) is 0 Å². The van der Waals surface area contributed by atoms with Gasteiger partial charge in [0.05, 0.1) is 39.0 Å². The number of hydrogen-bond acceptors (Lipinski definition) is 2. The summed E-state index contributed by atoms with van der Waals surface area (Å²) in [7, 11) is 0. The molecule has 0 amide bonds. The predicted octanol–water partition coefficient (Wildman–Crippen LogP) is 8.59. The summed E-state index contributed by atoms with van der Waals surface area (Å²) in [4.78, 5) is 5.07. The number of pyridine rings is 1. The standard InChI is InChI=1S/C36H23N5/c1-5-16-28-24(12-1)25-13-2-6-17-29(25)40(28)32-20-11-21-33(35(32)36-37-34-22-9-10-23-39(34)38-36)41-30-18-7-3-14-26(30)27-15-4-8-19-31(27)41/h1-23H. The average molecular weight is 526 g/mol. The summed E-state index contributed by atoms with van der Waals surface area (Å²) < 4.78 is 6.58. The van der Waals surface area contributed by atoms with E-state index in [4.69, 9.17) is 10.1 Å². The van der Waals surface area contributed by atoms with E-state index in [-0.39, 0.29) is 0 Å². The van der Waals surface area contributed by atoms with E-state index >= 15 is 0 Å². The molecule has 0 fully saturated rings. The Kier molecular flexibility index (Phi) is 4.55. The van der Waals surface area contributed by atoms with Crippen molar-refractivity contribution in [3.05, 3.63) is 140 Å². The Bertz CT molecular complexity index is 2170. The first-order valence-corrected chi connectivity index (χ1v) is 13.8. The molecule has 4 aromatic heterocycles. The van der Waals surface area contributed by atoms with Crippen LogP contribution in [0.2, 0.25) is 0 Å². The van der Waals surface area contributed by atoms with E-state index in [2.05, 4.69) is 124 Å². The summed E-state index contributed by atoms with van der Waals surface area (Å²) in [6, 6.07) is 47.0. The normalized spacial score (nSPS) is 11.9. The van der Waals surface area contributed by atoms with Crippen molar-refractivity contribution in [1.82, 2.24) is 23.7 Å². The van der Waals surface area contributed by atoms with Gasteiger partial charge >= 0.3 is 0 Å². The third kappa shape index (κ3) is 3.11. The van der Waals surface area contributed by atoms with Gasteiger partial charge in [-0.2, -0.15) is 0 Å².